The molecule has 1 aromatic rings. The number of nitrogen functional groups attached to an aromatic ring is 1. The molecule has 1 saturated heterocycles. The zero-order valence-corrected chi connectivity index (χ0v) is 16.7. The number of anilines is 1. The van der Waals surface area contributed by atoms with Gasteiger partial charge in [0.2, 0.25) is 0 Å². The van der Waals surface area contributed by atoms with Gasteiger partial charge in [0.25, 0.3) is 0 Å². The number of carbonyl (C=O) groups is 1. The van der Waals surface area contributed by atoms with Crippen LogP contribution in [0.3, 0.4) is 0 Å². The van der Waals surface area contributed by atoms with Gasteiger partial charge in [-0.3, -0.25) is 4.90 Å². The molecule has 0 saturated carbocycles. The summed E-state index contributed by atoms with van der Waals surface area (Å²) in [5, 5.41) is 13.3. The molecule has 7 heteroatoms. The minimum Gasteiger partial charge on any atom is -0.389 e. The van der Waals surface area contributed by atoms with E-state index in [1.54, 1.807) is 11.3 Å². The smallest absolute Gasteiger partial charge is 0.317 e. The Morgan fingerprint density at radius 3 is 2.73 bits per heavy atom. The van der Waals surface area contributed by atoms with Gasteiger partial charge in [-0.25, -0.2) is 4.79 Å². The molecule has 3 unspecified atom stereocenters. The van der Waals surface area contributed by atoms with Crippen LogP contribution in [0.2, 0.25) is 0 Å². The highest BCUT2D eigenvalue weighted by molar-refractivity contribution is 7.16. The molecule has 2 heterocycles. The summed E-state index contributed by atoms with van der Waals surface area (Å²) >= 11 is 1.58. The average molecular weight is 376 g/mol. The summed E-state index contributed by atoms with van der Waals surface area (Å²) in [4.78, 5) is 18.1. The number of nitrogens with two attached hydrogens (primary N) is 1. The van der Waals surface area contributed by atoms with E-state index >= 15 is 0 Å². The van der Waals surface area contributed by atoms with Crippen LogP contribution in [0.25, 0.3) is 0 Å². The van der Waals surface area contributed by atoms with Crippen LogP contribution in [0, 0.1) is 17.2 Å². The molecule has 0 spiro atoms. The SMILES string of the molecule is CCN(CC)C(=O)NC1CC2Cc3c(sc(N)c3C#N)CC2N(CC)C1. The van der Waals surface area contributed by atoms with Crippen LogP contribution in [-0.2, 0) is 12.8 Å². The van der Waals surface area contributed by atoms with E-state index < -0.39 is 0 Å². The summed E-state index contributed by atoms with van der Waals surface area (Å²) in [5.41, 5.74) is 7.90. The van der Waals surface area contributed by atoms with E-state index in [0.29, 0.717) is 22.5 Å². The van der Waals surface area contributed by atoms with Crippen molar-refractivity contribution < 1.29 is 4.79 Å². The number of rotatable bonds is 4. The van der Waals surface area contributed by atoms with E-state index in [1.165, 1.54) is 4.88 Å². The van der Waals surface area contributed by atoms with Gasteiger partial charge in [-0.05, 0) is 51.1 Å². The summed E-state index contributed by atoms with van der Waals surface area (Å²) < 4.78 is 0. The highest BCUT2D eigenvalue weighted by Crippen LogP contribution is 2.42. The number of likely N-dealkylation sites (N-methyl/N-ethyl adjacent to an activating group) is 1. The molecular weight excluding hydrogens is 346 g/mol. The Hall–Kier alpha value is -1.78. The number of urea groups is 1. The molecule has 0 bridgehead atoms. The monoisotopic (exact) mass is 375 g/mol. The van der Waals surface area contributed by atoms with E-state index in [9.17, 15) is 10.1 Å². The third-order valence-corrected chi connectivity index (χ3v) is 7.01. The molecule has 1 aromatic heterocycles. The first-order valence-electron chi connectivity index (χ1n) is 9.61. The van der Waals surface area contributed by atoms with Gasteiger partial charge in [0.05, 0.1) is 5.56 Å². The highest BCUT2D eigenvalue weighted by Gasteiger charge is 2.41. The van der Waals surface area contributed by atoms with Gasteiger partial charge in [-0.1, -0.05) is 6.92 Å². The van der Waals surface area contributed by atoms with Gasteiger partial charge >= 0.3 is 6.03 Å². The first-order valence-corrected chi connectivity index (χ1v) is 10.4. The fourth-order valence-corrected chi connectivity index (χ4v) is 5.66. The summed E-state index contributed by atoms with van der Waals surface area (Å²) in [6, 6.07) is 2.97. The maximum absolute atomic E-state index is 12.5. The first kappa shape index (κ1) is 19.0. The molecule has 0 radical (unpaired) electrons. The van der Waals surface area contributed by atoms with Crippen LogP contribution in [0.15, 0.2) is 0 Å². The normalized spacial score (nSPS) is 25.1. The molecule has 6 nitrogen and oxygen atoms in total. The highest BCUT2D eigenvalue weighted by atomic mass is 32.1. The Bertz CT molecular complexity index is 706. The lowest BCUT2D eigenvalue weighted by Crippen LogP contribution is -2.59. The largest absolute Gasteiger partial charge is 0.389 e. The topological polar surface area (TPSA) is 85.4 Å². The van der Waals surface area contributed by atoms with Crippen LogP contribution >= 0.6 is 11.3 Å². The van der Waals surface area contributed by atoms with Crippen molar-refractivity contribution in [2.75, 3.05) is 31.9 Å². The summed E-state index contributed by atoms with van der Waals surface area (Å²) in [7, 11) is 0. The lowest BCUT2D eigenvalue weighted by molar-refractivity contribution is 0.0689. The van der Waals surface area contributed by atoms with Crippen LogP contribution < -0.4 is 11.1 Å². The summed E-state index contributed by atoms with van der Waals surface area (Å²) in [5.74, 6) is 0.458. The molecular formula is C19H29N5OS. The number of nitrogens with one attached hydrogen (secondary N) is 1. The lowest BCUT2D eigenvalue weighted by Gasteiger charge is -2.47. The van der Waals surface area contributed by atoms with E-state index in [0.717, 1.165) is 51.0 Å². The van der Waals surface area contributed by atoms with Crippen molar-refractivity contribution in [2.24, 2.45) is 5.92 Å². The molecule has 142 valence electrons. The molecule has 3 atom stereocenters. The lowest BCUT2D eigenvalue weighted by atomic mass is 9.76. The molecule has 3 rings (SSSR count). The number of hydrogen-bond donors (Lipinski definition) is 2. The molecule has 2 amide bonds. The van der Waals surface area contributed by atoms with Gasteiger partial charge in [-0.15, -0.1) is 11.3 Å². The van der Waals surface area contributed by atoms with Gasteiger partial charge in [-0.2, -0.15) is 5.26 Å². The Labute approximate surface area is 159 Å². The quantitative estimate of drug-likeness (QED) is 0.846. The van der Waals surface area contributed by atoms with Gasteiger partial charge in [0, 0.05) is 36.6 Å². The molecule has 1 aliphatic carbocycles. The number of hydrogen-bond acceptors (Lipinski definition) is 5. The van der Waals surface area contributed by atoms with Crippen molar-refractivity contribution in [1.82, 2.24) is 15.1 Å². The maximum Gasteiger partial charge on any atom is 0.317 e. The van der Waals surface area contributed by atoms with Crippen molar-refractivity contribution in [3.63, 3.8) is 0 Å². The van der Waals surface area contributed by atoms with E-state index in [1.807, 2.05) is 18.7 Å². The average Bonchev–Trinajstić information content (AvgIpc) is 2.94. The second kappa shape index (κ2) is 7.85. The molecule has 3 N–H and O–H groups in total. The molecule has 0 aromatic carbocycles. The summed E-state index contributed by atoms with van der Waals surface area (Å²) in [6.07, 6.45) is 2.83. The fourth-order valence-electron chi connectivity index (χ4n) is 4.56. The van der Waals surface area contributed by atoms with Crippen molar-refractivity contribution in [2.45, 2.75) is 52.1 Å². The predicted molar refractivity (Wildman–Crippen MR) is 105 cm³/mol. The number of amides is 2. The third kappa shape index (κ3) is 3.40. The van der Waals surface area contributed by atoms with Crippen LogP contribution in [0.4, 0.5) is 9.80 Å². The minimum atomic E-state index is 0.0310. The van der Waals surface area contributed by atoms with Crippen molar-refractivity contribution in [3.05, 3.63) is 16.0 Å². The number of thiophene rings is 1. The first-order chi connectivity index (χ1) is 12.5. The second-order valence-electron chi connectivity index (χ2n) is 7.23. The minimum absolute atomic E-state index is 0.0310. The fraction of sp³-hybridized carbons (Fsp3) is 0.684. The number of likely N-dealkylation sites (tertiary alicyclic amines) is 1. The zero-order chi connectivity index (χ0) is 18.8. The third-order valence-electron chi connectivity index (χ3n) is 5.93. The van der Waals surface area contributed by atoms with Crippen molar-refractivity contribution in [3.8, 4) is 6.07 Å². The zero-order valence-electron chi connectivity index (χ0n) is 15.9. The van der Waals surface area contributed by atoms with Crippen LogP contribution in [0.5, 0.6) is 0 Å². The Morgan fingerprint density at radius 2 is 2.12 bits per heavy atom. The van der Waals surface area contributed by atoms with Crippen molar-refractivity contribution >= 4 is 22.4 Å². The number of nitrogens with zero attached hydrogens (tertiary/aromatic N) is 3. The van der Waals surface area contributed by atoms with Gasteiger partial charge in [0.1, 0.15) is 11.1 Å². The molecule has 1 fully saturated rings. The van der Waals surface area contributed by atoms with E-state index in [4.69, 9.17) is 5.73 Å². The Kier molecular flexibility index (Phi) is 5.73. The van der Waals surface area contributed by atoms with Crippen LogP contribution in [-0.4, -0.2) is 54.1 Å². The Balaban J connectivity index is 1.77. The number of fused-ring (bicyclic) bond motifs is 2. The molecule has 2 aliphatic rings. The van der Waals surface area contributed by atoms with E-state index in [2.05, 4.69) is 23.2 Å². The van der Waals surface area contributed by atoms with Gasteiger partial charge < -0.3 is 16.0 Å². The second-order valence-corrected chi connectivity index (χ2v) is 8.37. The van der Waals surface area contributed by atoms with Crippen molar-refractivity contribution in [1.29, 1.82) is 5.26 Å². The number of nitriles is 1. The Morgan fingerprint density at radius 1 is 1.38 bits per heavy atom. The predicted octanol–water partition coefficient (Wildman–Crippen LogP) is 2.43. The maximum atomic E-state index is 12.5. The molecule has 26 heavy (non-hydrogen) atoms. The number of piperidine rings is 1. The van der Waals surface area contributed by atoms with Gasteiger partial charge in [0.15, 0.2) is 0 Å². The summed E-state index contributed by atoms with van der Waals surface area (Å²) in [6.45, 7) is 9.51. The molecule has 1 aliphatic heterocycles. The number of carbonyl (C=O) groups excluding carboxylic acids is 1. The van der Waals surface area contributed by atoms with Crippen LogP contribution in [0.1, 0.15) is 43.2 Å². The van der Waals surface area contributed by atoms with E-state index in [-0.39, 0.29) is 12.1 Å². The standard InChI is InChI=1S/C19H29N5OS/c1-4-23(5-2)19(25)22-13-7-12-8-14-15(10-20)18(21)26-17(14)9-16(12)24(6-3)11-13/h12-13,16H,4-9,11,21H2,1-3H3,(H,22,25).